The lowest BCUT2D eigenvalue weighted by Gasteiger charge is -2.51. The molecule has 0 radical (unpaired) electrons. The van der Waals surface area contributed by atoms with Gasteiger partial charge in [0.25, 0.3) is 5.91 Å². The molecular weight excluding hydrogens is 598 g/mol. The molecule has 2 aromatic carbocycles. The summed E-state index contributed by atoms with van der Waals surface area (Å²) in [6.07, 6.45) is 8.64. The minimum Gasteiger partial charge on any atom is -0.494 e. The molecule has 2 fully saturated rings. The van der Waals surface area contributed by atoms with Crippen molar-refractivity contribution in [2.45, 2.75) is 57.4 Å². The Balaban J connectivity index is 1.20. The first-order valence-electron chi connectivity index (χ1n) is 16.7. The van der Waals surface area contributed by atoms with E-state index in [9.17, 15) is 14.4 Å². The van der Waals surface area contributed by atoms with Crippen molar-refractivity contribution >= 4 is 17.7 Å². The zero-order chi connectivity index (χ0) is 32.9. The quantitative estimate of drug-likeness (QED) is 0.446. The van der Waals surface area contributed by atoms with Crippen molar-refractivity contribution in [3.8, 4) is 22.9 Å². The summed E-state index contributed by atoms with van der Waals surface area (Å²) in [5.41, 5.74) is 3.33. The zero-order valence-corrected chi connectivity index (χ0v) is 27.6. The number of methoxy groups -OCH3 is 3. The van der Waals surface area contributed by atoms with Gasteiger partial charge in [-0.15, -0.1) is 0 Å². The Bertz CT molecular complexity index is 1600. The van der Waals surface area contributed by atoms with Crippen molar-refractivity contribution in [1.29, 1.82) is 0 Å². The maximum Gasteiger partial charge on any atom is 0.257 e. The molecule has 250 valence electrons. The third kappa shape index (κ3) is 7.08. The van der Waals surface area contributed by atoms with Gasteiger partial charge in [0.2, 0.25) is 11.8 Å². The van der Waals surface area contributed by atoms with Crippen molar-refractivity contribution in [3.63, 3.8) is 0 Å². The zero-order valence-electron chi connectivity index (χ0n) is 27.6. The van der Waals surface area contributed by atoms with E-state index < -0.39 is 0 Å². The van der Waals surface area contributed by atoms with E-state index in [-0.39, 0.29) is 35.6 Å². The van der Waals surface area contributed by atoms with Crippen LogP contribution in [0.25, 0.3) is 5.69 Å². The average molecular weight is 644 g/mol. The largest absolute Gasteiger partial charge is 0.494 e. The topological polar surface area (TPSA) is 115 Å². The molecule has 3 aliphatic heterocycles. The fraction of sp³-hybridized carbons (Fsp3) is 0.500. The number of nitrogens with zero attached hydrogens (tertiary/aromatic N) is 4. The van der Waals surface area contributed by atoms with Crippen LogP contribution in [0.2, 0.25) is 0 Å². The minimum atomic E-state index is -0.0579. The van der Waals surface area contributed by atoms with Crippen molar-refractivity contribution in [3.05, 3.63) is 65.5 Å². The lowest BCUT2D eigenvalue weighted by atomic mass is 9.77. The molecule has 0 saturated carbocycles. The summed E-state index contributed by atoms with van der Waals surface area (Å²) >= 11 is 0. The van der Waals surface area contributed by atoms with Gasteiger partial charge in [0.15, 0.2) is 11.5 Å². The molecule has 4 bridgehead atoms. The summed E-state index contributed by atoms with van der Waals surface area (Å²) in [4.78, 5) is 44.5. The van der Waals surface area contributed by atoms with Gasteiger partial charge in [0, 0.05) is 51.3 Å². The summed E-state index contributed by atoms with van der Waals surface area (Å²) in [5, 5.41) is 7.53. The molecule has 0 unspecified atom stereocenters. The first-order valence-corrected chi connectivity index (χ1v) is 16.7. The molecule has 2 saturated heterocycles. The maximum absolute atomic E-state index is 13.9. The lowest BCUT2D eigenvalue weighted by Crippen LogP contribution is -2.60. The molecule has 4 heterocycles. The third-order valence-electron chi connectivity index (χ3n) is 9.83. The van der Waals surface area contributed by atoms with Crippen molar-refractivity contribution in [2.24, 2.45) is 11.8 Å². The molecule has 47 heavy (non-hydrogen) atoms. The highest BCUT2D eigenvalue weighted by Gasteiger charge is 2.43. The highest BCUT2D eigenvalue weighted by molar-refractivity contribution is 5.94. The Morgan fingerprint density at radius 2 is 1.74 bits per heavy atom. The van der Waals surface area contributed by atoms with Gasteiger partial charge in [0.1, 0.15) is 11.4 Å². The lowest BCUT2D eigenvalue weighted by molar-refractivity contribution is -0.140. The van der Waals surface area contributed by atoms with Gasteiger partial charge in [-0.1, -0.05) is 18.2 Å². The van der Waals surface area contributed by atoms with Crippen LogP contribution >= 0.6 is 0 Å². The van der Waals surface area contributed by atoms with Crippen molar-refractivity contribution in [1.82, 2.24) is 24.9 Å². The molecule has 3 atom stereocenters. The first-order chi connectivity index (χ1) is 22.9. The maximum atomic E-state index is 13.9. The number of amides is 3. The summed E-state index contributed by atoms with van der Waals surface area (Å²) in [7, 11) is 4.87. The second-order valence-electron chi connectivity index (χ2n) is 12.9. The monoisotopic (exact) mass is 643 g/mol. The summed E-state index contributed by atoms with van der Waals surface area (Å²) in [6.45, 7) is 2.34. The van der Waals surface area contributed by atoms with Gasteiger partial charge in [-0.3, -0.25) is 14.4 Å². The second-order valence-corrected chi connectivity index (χ2v) is 12.9. The second kappa shape index (κ2) is 14.5. The number of fused-ring (bicyclic) bond motifs is 6. The molecule has 0 spiro atoms. The Kier molecular flexibility index (Phi) is 9.98. The number of para-hydroxylation sites is 2. The van der Waals surface area contributed by atoms with Crippen LogP contribution < -0.4 is 19.5 Å². The molecule has 3 aromatic rings. The molecule has 3 amide bonds. The normalized spacial score (nSPS) is 22.2. The fourth-order valence-electron chi connectivity index (χ4n) is 7.63. The molecule has 3 aliphatic rings. The molecular formula is C36H45N5O6. The van der Waals surface area contributed by atoms with E-state index in [0.717, 1.165) is 42.5 Å². The number of rotatable bonds is 5. The van der Waals surface area contributed by atoms with Crippen molar-refractivity contribution < 1.29 is 28.6 Å². The van der Waals surface area contributed by atoms with Crippen LogP contribution in [0.5, 0.6) is 17.2 Å². The standard InChI is InChI=1S/C36H45N5O6/c1-45-31-11-5-4-9-30(31)41-23-28(19-38-41)36(44)39-20-25-17-27(22-39)29-10-6-12-33(42)37-15-7-8-26-16-24(13-14-34(43)40(29)21-25)18-32(46-2)35(26)47-3/h4-5,9,11,16,18-19,23,25,27,29H,6-8,10,12-15,17,20-22H2,1-3H3,(H,37,42)/t25-,27-,29-/m0/s1. The average Bonchev–Trinajstić information content (AvgIpc) is 3.59. The number of nitrogens with one attached hydrogen (secondary N) is 1. The minimum absolute atomic E-state index is 0.0226. The summed E-state index contributed by atoms with van der Waals surface area (Å²) < 4.78 is 18.5. The van der Waals surface area contributed by atoms with E-state index >= 15 is 0 Å². The number of benzene rings is 2. The van der Waals surface area contributed by atoms with Gasteiger partial charge < -0.3 is 29.3 Å². The van der Waals surface area contributed by atoms with E-state index in [1.165, 1.54) is 0 Å². The van der Waals surface area contributed by atoms with Gasteiger partial charge in [-0.25, -0.2) is 4.68 Å². The van der Waals surface area contributed by atoms with Crippen LogP contribution in [0, 0.1) is 11.8 Å². The van der Waals surface area contributed by atoms with Crippen molar-refractivity contribution in [2.75, 3.05) is 47.5 Å². The van der Waals surface area contributed by atoms with E-state index in [0.29, 0.717) is 74.7 Å². The Morgan fingerprint density at radius 1 is 0.915 bits per heavy atom. The number of piperidine rings is 2. The van der Waals surface area contributed by atoms with Gasteiger partial charge in [0.05, 0.1) is 33.1 Å². The number of ether oxygens (including phenoxy) is 3. The number of carbonyl (C=O) groups excluding carboxylic acids is 3. The van der Waals surface area contributed by atoms with E-state index in [4.69, 9.17) is 14.2 Å². The fourth-order valence-corrected chi connectivity index (χ4v) is 7.63. The van der Waals surface area contributed by atoms with Crippen LogP contribution in [0.4, 0.5) is 0 Å². The van der Waals surface area contributed by atoms with Gasteiger partial charge in [-0.2, -0.15) is 5.10 Å². The Hall–Kier alpha value is -4.54. The predicted molar refractivity (Wildman–Crippen MR) is 176 cm³/mol. The highest BCUT2D eigenvalue weighted by Crippen LogP contribution is 2.38. The van der Waals surface area contributed by atoms with Crippen LogP contribution in [0.1, 0.15) is 60.0 Å². The van der Waals surface area contributed by atoms with Crippen LogP contribution in [-0.4, -0.2) is 90.9 Å². The van der Waals surface area contributed by atoms with Gasteiger partial charge >= 0.3 is 0 Å². The highest BCUT2D eigenvalue weighted by atomic mass is 16.5. The Labute approximate surface area is 276 Å². The summed E-state index contributed by atoms with van der Waals surface area (Å²) in [6, 6.07) is 11.6. The molecule has 6 rings (SSSR count). The van der Waals surface area contributed by atoms with E-state index in [2.05, 4.69) is 21.4 Å². The Morgan fingerprint density at radius 3 is 2.55 bits per heavy atom. The number of hydrogen-bond acceptors (Lipinski definition) is 7. The third-order valence-corrected chi connectivity index (χ3v) is 9.83. The number of aromatic nitrogens is 2. The number of likely N-dealkylation sites (tertiary alicyclic amines) is 1. The van der Waals surface area contributed by atoms with Crippen LogP contribution in [-0.2, 0) is 22.4 Å². The first kappa shape index (κ1) is 32.4. The van der Waals surface area contributed by atoms with E-state index in [1.807, 2.05) is 35.2 Å². The molecule has 0 aliphatic carbocycles. The number of carbonyl (C=O) groups is 3. The molecule has 11 heteroatoms. The van der Waals surface area contributed by atoms with E-state index in [1.54, 1.807) is 38.4 Å². The smallest absolute Gasteiger partial charge is 0.257 e. The number of hydrogen-bond donors (Lipinski definition) is 1. The van der Waals surface area contributed by atoms with Crippen LogP contribution in [0.3, 0.4) is 0 Å². The summed E-state index contributed by atoms with van der Waals surface area (Å²) in [5.74, 6) is 2.43. The van der Waals surface area contributed by atoms with Gasteiger partial charge in [-0.05, 0) is 79.7 Å². The SMILES string of the molecule is COc1ccccc1-n1cc(C(=O)N2C[C@@H]3C[C@@H](C2)[C@@H]2CCCC(=O)NCCCc4cc(cc(OC)c4OC)CCC(=O)N2C3)cn1. The molecule has 11 nitrogen and oxygen atoms in total. The molecule has 1 aromatic heterocycles. The molecule has 1 N–H and O–H groups in total. The number of aryl methyl sites for hydroxylation is 2. The van der Waals surface area contributed by atoms with Crippen LogP contribution in [0.15, 0.2) is 48.8 Å². The predicted octanol–water partition coefficient (Wildman–Crippen LogP) is 4.05.